The van der Waals surface area contributed by atoms with Crippen LogP contribution in [0.2, 0.25) is 0 Å². The predicted molar refractivity (Wildman–Crippen MR) is 408 cm³/mol. The number of nitrogens with zero attached hydrogens (tertiary/aromatic N) is 3. The van der Waals surface area contributed by atoms with Crippen molar-refractivity contribution in [1.29, 1.82) is 0 Å². The number of rotatable bonds is 65. The Morgan fingerprint density at radius 1 is 0.355 bits per heavy atom. The maximum Gasteiger partial charge on any atom is 0.306 e. The third-order valence-corrected chi connectivity index (χ3v) is 17.6. The number of carbonyl (C=O) groups is 5. The van der Waals surface area contributed by atoms with Gasteiger partial charge in [0, 0.05) is 63.4 Å². The van der Waals surface area contributed by atoms with E-state index >= 15 is 0 Å². The zero-order valence-electron chi connectivity index (χ0n) is 62.5. The van der Waals surface area contributed by atoms with Crippen LogP contribution in [0.3, 0.4) is 0 Å². The Bertz CT molecular complexity index is 1630. The van der Waals surface area contributed by atoms with E-state index < -0.39 is 0 Å². The highest BCUT2D eigenvalue weighted by atomic mass is 35.5. The second-order valence-electron chi connectivity index (χ2n) is 26.4. The minimum Gasteiger partial charge on any atom is -0.462 e. The summed E-state index contributed by atoms with van der Waals surface area (Å²) in [5, 5.41) is 0.126. The second kappa shape index (κ2) is 80.4. The van der Waals surface area contributed by atoms with E-state index in [0.717, 1.165) is 140 Å². The Labute approximate surface area is 591 Å². The van der Waals surface area contributed by atoms with Gasteiger partial charge in [0.15, 0.2) is 0 Å². The van der Waals surface area contributed by atoms with Crippen LogP contribution in [-0.2, 0) is 38.1 Å². The smallest absolute Gasteiger partial charge is 0.306 e. The summed E-state index contributed by atoms with van der Waals surface area (Å²) in [7, 11) is 8.11. The van der Waals surface area contributed by atoms with Gasteiger partial charge in [0.1, 0.15) is 25.4 Å². The molecule has 0 heterocycles. The summed E-state index contributed by atoms with van der Waals surface area (Å²) >= 11 is 5.40. The van der Waals surface area contributed by atoms with E-state index in [4.69, 9.17) is 18.9 Å². The van der Waals surface area contributed by atoms with E-state index in [1.54, 1.807) is 0 Å². The molecule has 0 aromatic rings. The van der Waals surface area contributed by atoms with Crippen molar-refractivity contribution in [3.63, 3.8) is 0 Å². The first-order valence-corrected chi connectivity index (χ1v) is 40.2. The fraction of sp³-hybridized carbons (Fsp3) is 0.885. The molecule has 0 bridgehead atoms. The molecule has 0 saturated heterocycles. The summed E-state index contributed by atoms with van der Waals surface area (Å²) in [5.41, 5.74) is 0. The lowest BCUT2D eigenvalue weighted by Gasteiger charge is -2.23. The molecular formula is C78H152ClN3O9S2. The maximum absolute atomic E-state index is 13.0. The van der Waals surface area contributed by atoms with Crippen LogP contribution < -0.4 is 0 Å². The molecule has 0 aliphatic carbocycles. The van der Waals surface area contributed by atoms with Crippen molar-refractivity contribution in [3.05, 3.63) is 24.3 Å². The zero-order chi connectivity index (χ0) is 68.4. The van der Waals surface area contributed by atoms with Gasteiger partial charge >= 0.3 is 23.9 Å². The summed E-state index contributed by atoms with van der Waals surface area (Å²) < 4.78 is 22.4. The second-order valence-corrected chi connectivity index (χ2v) is 27.9. The molecule has 0 radical (unpaired) electrons. The van der Waals surface area contributed by atoms with Crippen molar-refractivity contribution >= 4 is 65.9 Å². The van der Waals surface area contributed by atoms with Gasteiger partial charge in [-0.05, 0) is 144 Å². The first-order chi connectivity index (χ1) is 44.7. The van der Waals surface area contributed by atoms with Crippen LogP contribution in [0.4, 0.5) is 4.79 Å². The number of ether oxygens (including phenoxy) is 4. The molecule has 12 nitrogen and oxygen atoms in total. The molecule has 0 N–H and O–H groups in total. The molecule has 0 spiro atoms. The Hall–Kier alpha value is -2.26. The van der Waals surface area contributed by atoms with Crippen LogP contribution >= 0.6 is 36.8 Å². The molecule has 0 saturated carbocycles. The van der Waals surface area contributed by atoms with Crippen LogP contribution in [0.5, 0.6) is 0 Å². The normalized spacial score (nSPS) is 11.3. The minimum absolute atomic E-state index is 0. The highest BCUT2D eigenvalue weighted by molar-refractivity contribution is 8.13. The summed E-state index contributed by atoms with van der Waals surface area (Å²) in [6.07, 6.45) is 61.4. The number of allylic oxidation sites excluding steroid dienone is 2. The highest BCUT2D eigenvalue weighted by Gasteiger charge is 2.18. The Kier molecular flexibility index (Phi) is 84.0. The molecule has 0 fully saturated rings. The average Bonchev–Trinajstić information content (AvgIpc) is 3.68. The first kappa shape index (κ1) is 97.1. The Morgan fingerprint density at radius 3 is 0.946 bits per heavy atom. The lowest BCUT2D eigenvalue weighted by molar-refractivity contribution is -0.151. The standard InChI is InChI=1S/C39H74N2O5S.C35H66O4.C4H11NS.ClH/c1-6-9-12-15-16-17-26-34-45-37(42)29-22-18-24-31-41(39(44)47-35-33-40(4)5)32-25-19-23-30-38(43)46-36(27-20-13-10-7-2)28-21-14-11-8-3;1-4-7-10-13-19-22-27-32-38-34(36)30-25-20-17-15-14-16-18-21-26-31-35(37)39-33(28-23-11-8-5-2)29-24-12-9-6-3;1-5(2)3-4-6;/h17,26,36H,6-16,18-25,27-35H2,1-5H3;22,27,33H,4-21,23-26,28-32H2,1-3H3;6H,3-4H2,1-2H3;1H/b26-17-;27-22-;;. The van der Waals surface area contributed by atoms with E-state index in [-0.39, 0.29) is 53.7 Å². The topological polar surface area (TPSA) is 132 Å². The summed E-state index contributed by atoms with van der Waals surface area (Å²) in [5.74, 6) is 1.46. The van der Waals surface area contributed by atoms with Gasteiger partial charge in [0.2, 0.25) is 0 Å². The average molecular weight is 1380 g/mol. The van der Waals surface area contributed by atoms with Crippen molar-refractivity contribution in [2.75, 3.05) is 79.1 Å². The third-order valence-electron chi connectivity index (χ3n) is 16.5. The van der Waals surface area contributed by atoms with Gasteiger partial charge in [-0.2, -0.15) is 12.6 Å². The number of halogens is 1. The molecule has 1 amide bonds. The molecular weight excluding hydrogens is 1220 g/mol. The van der Waals surface area contributed by atoms with Gasteiger partial charge in [0.25, 0.3) is 5.24 Å². The highest BCUT2D eigenvalue weighted by Crippen LogP contribution is 2.21. The van der Waals surface area contributed by atoms with Crippen molar-refractivity contribution < 1.29 is 42.9 Å². The third kappa shape index (κ3) is 80.3. The first-order valence-electron chi connectivity index (χ1n) is 38.6. The number of thioether (sulfide) groups is 1. The quantitative estimate of drug-likeness (QED) is 0.0204. The van der Waals surface area contributed by atoms with E-state index in [1.807, 2.05) is 45.2 Å². The van der Waals surface area contributed by atoms with Gasteiger partial charge in [-0.3, -0.25) is 24.0 Å². The van der Waals surface area contributed by atoms with Crippen molar-refractivity contribution in [2.45, 2.75) is 368 Å². The Morgan fingerprint density at radius 2 is 0.645 bits per heavy atom. The number of unbranched alkanes of at least 4 members (excludes halogenated alkanes) is 32. The van der Waals surface area contributed by atoms with E-state index in [0.29, 0.717) is 52.0 Å². The molecule has 0 aromatic heterocycles. The molecule has 0 aromatic carbocycles. The molecule has 552 valence electrons. The van der Waals surface area contributed by atoms with Crippen molar-refractivity contribution in [1.82, 2.24) is 14.7 Å². The lowest BCUT2D eigenvalue weighted by atomic mass is 10.0. The summed E-state index contributed by atoms with van der Waals surface area (Å²) in [6, 6.07) is 0. The van der Waals surface area contributed by atoms with Gasteiger partial charge in [-0.1, -0.05) is 251 Å². The van der Waals surface area contributed by atoms with Crippen LogP contribution in [0.25, 0.3) is 0 Å². The number of thiol groups is 1. The van der Waals surface area contributed by atoms with Gasteiger partial charge in [0.05, 0.1) is 0 Å². The van der Waals surface area contributed by atoms with Crippen LogP contribution in [0.15, 0.2) is 24.3 Å². The fourth-order valence-electron chi connectivity index (χ4n) is 10.6. The number of hydrogen-bond acceptors (Lipinski definition) is 13. The lowest BCUT2D eigenvalue weighted by Crippen LogP contribution is -2.31. The minimum atomic E-state index is -0.148. The maximum atomic E-state index is 13.0. The SMILES string of the molecule is CCCCCC/C=C\COC(=O)CCCCCCCCCCCC(=O)OC(CCCCCC)CCCCCC.CCCCCC/C=C\COC(=O)CCCCCN(CCCCCC(=O)OC(CCCCCC)CCCCCC)C(=O)SCCN(C)C.CN(C)CCS.Cl. The van der Waals surface area contributed by atoms with Crippen LogP contribution in [-0.4, -0.2) is 135 Å². The monoisotopic (exact) mass is 1370 g/mol. The number of amides is 1. The predicted octanol–water partition coefficient (Wildman–Crippen LogP) is 22.8. The van der Waals surface area contributed by atoms with Crippen LogP contribution in [0, 0.1) is 0 Å². The number of hydrogen-bond donors (Lipinski definition) is 1. The Balaban J connectivity index is -0.000000784. The van der Waals surface area contributed by atoms with E-state index in [2.05, 4.69) is 76.1 Å². The van der Waals surface area contributed by atoms with Crippen LogP contribution in [0.1, 0.15) is 356 Å². The zero-order valence-corrected chi connectivity index (χ0v) is 65.1. The molecule has 0 aliphatic rings. The molecule has 0 rings (SSSR count). The molecule has 15 heteroatoms. The van der Waals surface area contributed by atoms with E-state index in [1.165, 1.54) is 185 Å². The largest absolute Gasteiger partial charge is 0.462 e. The van der Waals surface area contributed by atoms with Gasteiger partial charge in [-0.15, -0.1) is 12.4 Å². The fourth-order valence-corrected chi connectivity index (χ4v) is 12.0. The van der Waals surface area contributed by atoms with Gasteiger partial charge < -0.3 is 33.6 Å². The number of esters is 4. The van der Waals surface area contributed by atoms with Crippen molar-refractivity contribution in [2.24, 2.45) is 0 Å². The van der Waals surface area contributed by atoms with E-state index in [9.17, 15) is 24.0 Å². The van der Waals surface area contributed by atoms with Gasteiger partial charge in [-0.25, -0.2) is 0 Å². The summed E-state index contributed by atoms with van der Waals surface area (Å²) in [4.78, 5) is 68.1. The molecule has 0 atom stereocenters. The summed E-state index contributed by atoms with van der Waals surface area (Å²) in [6.45, 7) is 17.5. The molecule has 0 unspecified atom stereocenters. The molecule has 0 aliphatic heterocycles. The van der Waals surface area contributed by atoms with Crippen molar-refractivity contribution in [3.8, 4) is 0 Å². The molecule has 93 heavy (non-hydrogen) atoms. The number of carbonyl (C=O) groups excluding carboxylic acids is 5.